The van der Waals surface area contributed by atoms with Crippen LogP contribution in [0.4, 0.5) is 5.13 Å². The van der Waals surface area contributed by atoms with Gasteiger partial charge in [-0.3, -0.25) is 0 Å². The van der Waals surface area contributed by atoms with E-state index in [4.69, 9.17) is 4.74 Å². The van der Waals surface area contributed by atoms with E-state index in [0.29, 0.717) is 5.92 Å². The first-order chi connectivity index (χ1) is 9.20. The summed E-state index contributed by atoms with van der Waals surface area (Å²) in [4.78, 5) is 4.67. The van der Waals surface area contributed by atoms with Gasteiger partial charge in [0.15, 0.2) is 5.82 Å². The normalized spacial score (nSPS) is 27.4. The molecule has 0 bridgehead atoms. The monoisotopic (exact) mass is 283 g/mol. The van der Waals surface area contributed by atoms with Crippen LogP contribution in [0.1, 0.15) is 58.7 Å². The Morgan fingerprint density at radius 3 is 3.00 bits per heavy atom. The molecule has 0 radical (unpaired) electrons. The minimum Gasteiger partial charge on any atom is -0.367 e. The lowest BCUT2D eigenvalue weighted by atomic mass is 9.78. The number of nitrogens with one attached hydrogen (secondary N) is 1. The van der Waals surface area contributed by atoms with Crippen LogP contribution in [0.2, 0.25) is 0 Å². The second kappa shape index (κ2) is 6.66. The van der Waals surface area contributed by atoms with Crippen molar-refractivity contribution in [1.29, 1.82) is 0 Å². The summed E-state index contributed by atoms with van der Waals surface area (Å²) < 4.78 is 10.7. The van der Waals surface area contributed by atoms with Crippen LogP contribution in [-0.2, 0) is 10.3 Å². The smallest absolute Gasteiger partial charge is 0.202 e. The predicted molar refractivity (Wildman–Crippen MR) is 79.6 cm³/mol. The minimum absolute atomic E-state index is 0.241. The van der Waals surface area contributed by atoms with Crippen molar-refractivity contribution in [3.8, 4) is 0 Å². The van der Waals surface area contributed by atoms with E-state index >= 15 is 0 Å². The molecule has 1 heterocycles. The molecule has 1 aromatic heterocycles. The largest absolute Gasteiger partial charge is 0.367 e. The van der Waals surface area contributed by atoms with E-state index in [2.05, 4.69) is 35.4 Å². The van der Waals surface area contributed by atoms with Crippen molar-refractivity contribution in [1.82, 2.24) is 9.36 Å². The molecule has 1 fully saturated rings. The highest BCUT2D eigenvalue weighted by Gasteiger charge is 2.40. The van der Waals surface area contributed by atoms with Gasteiger partial charge in [0.05, 0.1) is 0 Å². The molecule has 0 spiro atoms. The van der Waals surface area contributed by atoms with Crippen molar-refractivity contribution in [2.24, 2.45) is 5.92 Å². The van der Waals surface area contributed by atoms with Gasteiger partial charge in [0.1, 0.15) is 5.60 Å². The third-order valence-electron chi connectivity index (χ3n) is 3.74. The zero-order chi connectivity index (χ0) is 13.7. The summed E-state index contributed by atoms with van der Waals surface area (Å²) in [6.45, 7) is 8.19. The highest BCUT2D eigenvalue weighted by molar-refractivity contribution is 7.09. The van der Waals surface area contributed by atoms with E-state index in [9.17, 15) is 0 Å². The molecule has 2 unspecified atom stereocenters. The summed E-state index contributed by atoms with van der Waals surface area (Å²) in [6.07, 6.45) is 5.69. The molecule has 2 atom stereocenters. The quantitative estimate of drug-likeness (QED) is 0.862. The molecule has 108 valence electrons. The van der Waals surface area contributed by atoms with Crippen molar-refractivity contribution in [2.45, 2.75) is 58.5 Å². The molecule has 0 amide bonds. The van der Waals surface area contributed by atoms with Gasteiger partial charge in [-0.1, -0.05) is 20.3 Å². The van der Waals surface area contributed by atoms with Crippen molar-refractivity contribution < 1.29 is 4.74 Å². The Morgan fingerprint density at radius 2 is 2.32 bits per heavy atom. The minimum atomic E-state index is -0.241. The molecule has 1 N–H and O–H groups in total. The van der Waals surface area contributed by atoms with Crippen LogP contribution >= 0.6 is 11.5 Å². The number of hydrogen-bond donors (Lipinski definition) is 1. The maximum absolute atomic E-state index is 6.10. The molecule has 0 aliphatic heterocycles. The summed E-state index contributed by atoms with van der Waals surface area (Å²) >= 11 is 1.46. The summed E-state index contributed by atoms with van der Waals surface area (Å²) in [5.41, 5.74) is -0.241. The average Bonchev–Trinajstić information content (AvgIpc) is 2.86. The van der Waals surface area contributed by atoms with Gasteiger partial charge in [-0.15, -0.1) is 0 Å². The molecule has 0 saturated heterocycles. The molecule has 4 nitrogen and oxygen atoms in total. The van der Waals surface area contributed by atoms with E-state index in [1.165, 1.54) is 24.4 Å². The lowest BCUT2D eigenvalue weighted by Crippen LogP contribution is -2.36. The first kappa shape index (κ1) is 14.7. The highest BCUT2D eigenvalue weighted by atomic mass is 32.1. The van der Waals surface area contributed by atoms with Gasteiger partial charge in [0, 0.05) is 24.7 Å². The van der Waals surface area contributed by atoms with Gasteiger partial charge >= 0.3 is 0 Å². The Labute approximate surface area is 120 Å². The van der Waals surface area contributed by atoms with Crippen molar-refractivity contribution >= 4 is 16.7 Å². The van der Waals surface area contributed by atoms with E-state index in [-0.39, 0.29) is 5.60 Å². The van der Waals surface area contributed by atoms with Gasteiger partial charge in [-0.25, -0.2) is 4.98 Å². The van der Waals surface area contributed by atoms with E-state index in [0.717, 1.165) is 43.4 Å². The molecule has 2 rings (SSSR count). The number of anilines is 1. The van der Waals surface area contributed by atoms with E-state index in [1.54, 1.807) is 0 Å². The Bertz CT molecular complexity index is 392. The fourth-order valence-electron chi connectivity index (χ4n) is 2.89. The topological polar surface area (TPSA) is 47.0 Å². The van der Waals surface area contributed by atoms with Gasteiger partial charge in [0.2, 0.25) is 5.13 Å². The summed E-state index contributed by atoms with van der Waals surface area (Å²) in [6, 6.07) is 0. The van der Waals surface area contributed by atoms with Crippen LogP contribution in [0.3, 0.4) is 0 Å². The number of ether oxygens (including phenoxy) is 1. The van der Waals surface area contributed by atoms with Gasteiger partial charge in [-0.05, 0) is 38.5 Å². The maximum atomic E-state index is 6.10. The van der Waals surface area contributed by atoms with Gasteiger partial charge in [0.25, 0.3) is 0 Å². The van der Waals surface area contributed by atoms with Crippen LogP contribution in [0, 0.1) is 5.92 Å². The van der Waals surface area contributed by atoms with Crippen LogP contribution in [0.15, 0.2) is 0 Å². The number of hydrogen-bond acceptors (Lipinski definition) is 5. The zero-order valence-corrected chi connectivity index (χ0v) is 13.1. The molecule has 1 aliphatic carbocycles. The van der Waals surface area contributed by atoms with Crippen LogP contribution in [0.25, 0.3) is 0 Å². The molecular formula is C14H25N3OS. The molecule has 1 aliphatic rings. The lowest BCUT2D eigenvalue weighted by Gasteiger charge is -2.37. The average molecular weight is 283 g/mol. The summed E-state index contributed by atoms with van der Waals surface area (Å²) in [7, 11) is 0. The van der Waals surface area contributed by atoms with Crippen molar-refractivity contribution in [3.63, 3.8) is 0 Å². The fourth-order valence-corrected chi connectivity index (χ4v) is 3.56. The number of nitrogens with zero attached hydrogens (tertiary/aromatic N) is 2. The number of aromatic nitrogens is 2. The molecule has 0 aromatic carbocycles. The summed E-state index contributed by atoms with van der Waals surface area (Å²) in [5, 5.41) is 4.24. The Hall–Kier alpha value is -0.680. The second-order valence-corrected chi connectivity index (χ2v) is 6.23. The fraction of sp³-hybridized carbons (Fsp3) is 0.857. The van der Waals surface area contributed by atoms with Crippen LogP contribution in [0.5, 0.6) is 0 Å². The Balaban J connectivity index is 2.15. The third-order valence-corrected chi connectivity index (χ3v) is 4.41. The summed E-state index contributed by atoms with van der Waals surface area (Å²) in [5.74, 6) is 1.58. The maximum Gasteiger partial charge on any atom is 0.202 e. The second-order valence-electron chi connectivity index (χ2n) is 5.48. The molecule has 5 heteroatoms. The van der Waals surface area contributed by atoms with Gasteiger partial charge < -0.3 is 10.1 Å². The molecule has 1 aromatic rings. The first-order valence-corrected chi connectivity index (χ1v) is 8.19. The first-order valence-electron chi connectivity index (χ1n) is 7.42. The lowest BCUT2D eigenvalue weighted by molar-refractivity contribution is -0.0872. The number of rotatable bonds is 6. The van der Waals surface area contributed by atoms with Gasteiger partial charge in [-0.2, -0.15) is 4.37 Å². The van der Waals surface area contributed by atoms with E-state index in [1.807, 2.05) is 0 Å². The molecule has 19 heavy (non-hydrogen) atoms. The Kier molecular flexibility index (Phi) is 5.16. The Morgan fingerprint density at radius 1 is 1.47 bits per heavy atom. The standard InChI is InChI=1S/C14H25N3OS/c1-4-9-15-13-16-12(17-19-13)14(18-5-2)8-6-7-11(3)10-14/h11H,4-10H2,1-3H3,(H,15,16,17). The van der Waals surface area contributed by atoms with Crippen LogP contribution < -0.4 is 5.32 Å². The predicted octanol–water partition coefficient (Wildman–Crippen LogP) is 3.80. The zero-order valence-electron chi connectivity index (χ0n) is 12.2. The SMILES string of the molecule is CCCNc1nc(C2(OCC)CCCC(C)C2)ns1. The molecular weight excluding hydrogens is 258 g/mol. The van der Waals surface area contributed by atoms with Crippen LogP contribution in [-0.4, -0.2) is 22.5 Å². The van der Waals surface area contributed by atoms with Crippen molar-refractivity contribution in [2.75, 3.05) is 18.5 Å². The molecule has 1 saturated carbocycles. The van der Waals surface area contributed by atoms with E-state index < -0.39 is 0 Å². The third kappa shape index (κ3) is 3.45. The van der Waals surface area contributed by atoms with Crippen molar-refractivity contribution in [3.05, 3.63) is 5.82 Å². The highest BCUT2D eigenvalue weighted by Crippen LogP contribution is 2.42.